The van der Waals surface area contributed by atoms with Gasteiger partial charge in [0, 0.05) is 19.8 Å². The zero-order valence-corrected chi connectivity index (χ0v) is 29.3. The van der Waals surface area contributed by atoms with Crippen molar-refractivity contribution in [1.82, 2.24) is 0 Å². The number of rotatable bonds is 19. The van der Waals surface area contributed by atoms with Crippen LogP contribution < -0.4 is 0 Å². The minimum atomic E-state index is -0.147. The van der Waals surface area contributed by atoms with E-state index in [-0.39, 0.29) is 11.2 Å². The topological polar surface area (TPSA) is 35.5 Å². The average molecular weight is 599 g/mol. The average Bonchev–Trinajstić information content (AvgIpc) is 2.97. The minimum Gasteiger partial charge on any atom is -0.379 e. The second kappa shape index (κ2) is 22.9. The van der Waals surface area contributed by atoms with Crippen molar-refractivity contribution in [3.05, 3.63) is 143 Å². The van der Waals surface area contributed by atoms with Gasteiger partial charge in [0.25, 0.3) is 0 Å². The molecule has 0 radical (unpaired) electrons. The highest BCUT2D eigenvalue weighted by molar-refractivity contribution is 5.78. The van der Waals surface area contributed by atoms with E-state index in [0.717, 1.165) is 36.7 Å². The van der Waals surface area contributed by atoms with Gasteiger partial charge in [0.05, 0.1) is 11.2 Å². The molecule has 0 N–H and O–H groups in total. The third kappa shape index (κ3) is 23.0. The number of aldehydes is 1. The maximum absolute atomic E-state index is 11.5. The Morgan fingerprint density at radius 2 is 0.977 bits per heavy atom. The zero-order valence-electron chi connectivity index (χ0n) is 29.3. The highest BCUT2D eigenvalue weighted by Crippen LogP contribution is 2.19. The Hall–Kier alpha value is -3.53. The predicted octanol–water partition coefficient (Wildman–Crippen LogP) is 11.2. The Bertz CT molecular complexity index is 1240. The molecule has 0 bridgehead atoms. The van der Waals surface area contributed by atoms with Crippen LogP contribution in [0.3, 0.4) is 0 Å². The normalized spacial score (nSPS) is 16.0. The first-order valence-electron chi connectivity index (χ1n) is 15.4. The Morgan fingerprint density at radius 1 is 0.545 bits per heavy atom. The molecule has 3 heteroatoms. The molecular weight excluding hydrogens is 540 g/mol. The summed E-state index contributed by atoms with van der Waals surface area (Å²) in [5.41, 5.74) is 6.27. The lowest BCUT2D eigenvalue weighted by atomic mass is 9.99. The summed E-state index contributed by atoms with van der Waals surface area (Å²) in [4.78, 5) is 11.5. The van der Waals surface area contributed by atoms with Gasteiger partial charge in [-0.15, -0.1) is 0 Å². The van der Waals surface area contributed by atoms with Crippen molar-refractivity contribution in [3.63, 3.8) is 0 Å². The van der Waals surface area contributed by atoms with Crippen molar-refractivity contribution in [3.8, 4) is 0 Å². The molecule has 0 unspecified atom stereocenters. The highest BCUT2D eigenvalue weighted by atomic mass is 16.5. The number of ether oxygens (including phenoxy) is 2. The van der Waals surface area contributed by atoms with Gasteiger partial charge >= 0.3 is 0 Å². The molecule has 44 heavy (non-hydrogen) atoms. The molecule has 0 spiro atoms. The molecule has 0 aromatic heterocycles. The molecule has 0 amide bonds. The largest absolute Gasteiger partial charge is 0.379 e. The van der Waals surface area contributed by atoms with E-state index in [9.17, 15) is 4.79 Å². The molecule has 0 saturated heterocycles. The molecule has 0 atom stereocenters. The van der Waals surface area contributed by atoms with Gasteiger partial charge < -0.3 is 9.47 Å². The van der Waals surface area contributed by atoms with Crippen LogP contribution >= 0.6 is 0 Å². The quantitative estimate of drug-likeness (QED) is 0.0843. The monoisotopic (exact) mass is 598 g/mol. The summed E-state index contributed by atoms with van der Waals surface area (Å²) in [5, 5.41) is 0. The molecule has 0 saturated carbocycles. The van der Waals surface area contributed by atoms with Crippen LogP contribution in [0.15, 0.2) is 143 Å². The Labute approximate surface area is 269 Å². The summed E-state index contributed by atoms with van der Waals surface area (Å²) >= 11 is 0. The van der Waals surface area contributed by atoms with Gasteiger partial charge in [-0.05, 0) is 81.6 Å². The van der Waals surface area contributed by atoms with Crippen molar-refractivity contribution < 1.29 is 14.3 Å². The van der Waals surface area contributed by atoms with E-state index >= 15 is 0 Å². The molecule has 0 rings (SSSR count). The predicted molar refractivity (Wildman–Crippen MR) is 194 cm³/mol. The summed E-state index contributed by atoms with van der Waals surface area (Å²) < 4.78 is 10.9. The van der Waals surface area contributed by atoms with Crippen molar-refractivity contribution in [1.29, 1.82) is 0 Å². The minimum absolute atomic E-state index is 0.0858. The summed E-state index contributed by atoms with van der Waals surface area (Å²) in [6.07, 6.45) is 40.0. The summed E-state index contributed by atoms with van der Waals surface area (Å²) in [6, 6.07) is 0. The number of hydrogen-bond acceptors (Lipinski definition) is 3. The van der Waals surface area contributed by atoms with Crippen LogP contribution in [0, 0.1) is 0 Å². The second-order valence-corrected chi connectivity index (χ2v) is 12.3. The van der Waals surface area contributed by atoms with Gasteiger partial charge in [0.2, 0.25) is 0 Å². The molecular formula is C41H58O3. The third-order valence-corrected chi connectivity index (χ3v) is 6.94. The first kappa shape index (κ1) is 40.5. The van der Waals surface area contributed by atoms with Gasteiger partial charge in [-0.1, -0.05) is 137 Å². The van der Waals surface area contributed by atoms with E-state index in [2.05, 4.69) is 97.1 Å². The smallest absolute Gasteiger partial charge is 0.150 e. The van der Waals surface area contributed by atoms with Gasteiger partial charge in [0.1, 0.15) is 6.29 Å². The van der Waals surface area contributed by atoms with E-state index in [1.54, 1.807) is 20.3 Å². The fraction of sp³-hybridized carbons (Fsp3) is 0.390. The molecule has 0 aliphatic heterocycles. The van der Waals surface area contributed by atoms with Crippen molar-refractivity contribution in [2.45, 2.75) is 92.8 Å². The number of carbonyl (C=O) groups is 1. The first-order valence-corrected chi connectivity index (χ1v) is 15.4. The zero-order chi connectivity index (χ0) is 33.4. The highest BCUT2D eigenvalue weighted by Gasteiger charge is 2.15. The lowest BCUT2D eigenvalue weighted by molar-refractivity contribution is -0.104. The number of hydrogen-bond donors (Lipinski definition) is 0. The summed E-state index contributed by atoms with van der Waals surface area (Å²) in [6.45, 7) is 18.8. The van der Waals surface area contributed by atoms with Gasteiger partial charge in [0.15, 0.2) is 0 Å². The summed E-state index contributed by atoms with van der Waals surface area (Å²) in [7, 11) is 3.50. The Morgan fingerprint density at radius 3 is 1.48 bits per heavy atom. The van der Waals surface area contributed by atoms with Crippen LogP contribution in [0.1, 0.15) is 81.6 Å². The fourth-order valence-corrected chi connectivity index (χ4v) is 3.40. The SMILES string of the molecule is COC(C)(C)CC=CC(C)=CC=CC(C)=CC=CC(C=O)=CC=CC=C(C)C=CC=C(C)C=CC=C(C)CCC(C)(C)OC. The van der Waals surface area contributed by atoms with E-state index in [0.29, 0.717) is 5.57 Å². The maximum Gasteiger partial charge on any atom is 0.150 e. The van der Waals surface area contributed by atoms with Gasteiger partial charge in [-0.2, -0.15) is 0 Å². The molecule has 0 aliphatic carbocycles. The van der Waals surface area contributed by atoms with E-state index in [4.69, 9.17) is 9.47 Å². The maximum atomic E-state index is 11.5. The van der Waals surface area contributed by atoms with Crippen LogP contribution in [-0.2, 0) is 14.3 Å². The summed E-state index contributed by atoms with van der Waals surface area (Å²) in [5.74, 6) is 0. The molecule has 0 aliphatic rings. The fourth-order valence-electron chi connectivity index (χ4n) is 3.40. The molecule has 0 heterocycles. The lowest BCUT2D eigenvalue weighted by Crippen LogP contribution is -2.21. The van der Waals surface area contributed by atoms with Crippen molar-refractivity contribution in [2.75, 3.05) is 14.2 Å². The number of allylic oxidation sites excluding steroid dienone is 23. The van der Waals surface area contributed by atoms with Crippen LogP contribution in [-0.4, -0.2) is 31.7 Å². The number of methoxy groups -OCH3 is 2. The first-order chi connectivity index (χ1) is 20.7. The molecule has 0 aromatic rings. The van der Waals surface area contributed by atoms with Gasteiger partial charge in [-0.25, -0.2) is 0 Å². The van der Waals surface area contributed by atoms with Crippen molar-refractivity contribution >= 4 is 6.29 Å². The molecule has 0 aromatic carbocycles. The van der Waals surface area contributed by atoms with Gasteiger partial charge in [-0.3, -0.25) is 4.79 Å². The van der Waals surface area contributed by atoms with E-state index < -0.39 is 0 Å². The standard InChI is InChI=1S/C41H58O3/c1-34(20-14-21-35(2)23-16-25-38(5)30-32-41(8,9)44-11)19-12-13-28-39(33-42)29-17-26-36(3)22-15-24-37(4)27-18-31-40(6,7)43-10/h12-29,33H,30-32H2,1-11H3. The van der Waals surface area contributed by atoms with Crippen molar-refractivity contribution in [2.24, 2.45) is 0 Å². The lowest BCUT2D eigenvalue weighted by Gasteiger charge is -2.22. The molecule has 3 nitrogen and oxygen atoms in total. The van der Waals surface area contributed by atoms with Crippen LogP contribution in [0.4, 0.5) is 0 Å². The molecule has 0 fully saturated rings. The second-order valence-electron chi connectivity index (χ2n) is 12.3. The Kier molecular flexibility index (Phi) is 21.1. The van der Waals surface area contributed by atoms with Crippen LogP contribution in [0.2, 0.25) is 0 Å². The van der Waals surface area contributed by atoms with Crippen LogP contribution in [0.25, 0.3) is 0 Å². The number of carbonyl (C=O) groups excluding carboxylic acids is 1. The Balaban J connectivity index is 4.92. The third-order valence-electron chi connectivity index (χ3n) is 6.94. The van der Waals surface area contributed by atoms with E-state index in [1.807, 2.05) is 68.5 Å². The molecule has 240 valence electrons. The van der Waals surface area contributed by atoms with Crippen LogP contribution in [0.5, 0.6) is 0 Å². The van der Waals surface area contributed by atoms with E-state index in [1.165, 1.54) is 16.7 Å².